The molecule has 8 nitrogen and oxygen atoms in total. The molecule has 0 saturated carbocycles. The van der Waals surface area contributed by atoms with E-state index >= 15 is 0 Å². The zero-order valence-electron chi connectivity index (χ0n) is 12.1. The van der Waals surface area contributed by atoms with Crippen molar-refractivity contribution in [1.82, 2.24) is 25.5 Å². The molecule has 0 saturated heterocycles. The van der Waals surface area contributed by atoms with Crippen molar-refractivity contribution in [2.45, 2.75) is 33.4 Å². The summed E-state index contributed by atoms with van der Waals surface area (Å²) in [5, 5.41) is 14.3. The second-order valence-corrected chi connectivity index (χ2v) is 5.02. The van der Waals surface area contributed by atoms with Crippen LogP contribution in [-0.2, 0) is 16.1 Å². The molecule has 0 bridgehead atoms. The molecule has 21 heavy (non-hydrogen) atoms. The Kier molecular flexibility index (Phi) is 4.46. The highest BCUT2D eigenvalue weighted by Gasteiger charge is 2.21. The van der Waals surface area contributed by atoms with Gasteiger partial charge in [0.2, 0.25) is 11.7 Å². The van der Waals surface area contributed by atoms with Crippen LogP contribution < -0.4 is 5.32 Å². The van der Waals surface area contributed by atoms with Gasteiger partial charge in [-0.05, 0) is 30.2 Å². The maximum absolute atomic E-state index is 11.9. The number of furan rings is 1. The lowest BCUT2D eigenvalue weighted by Crippen LogP contribution is -2.44. The lowest BCUT2D eigenvalue weighted by molar-refractivity contribution is -0.128. The van der Waals surface area contributed by atoms with E-state index in [0.29, 0.717) is 11.6 Å². The van der Waals surface area contributed by atoms with Crippen molar-refractivity contribution in [3.63, 3.8) is 0 Å². The maximum atomic E-state index is 11.9. The van der Waals surface area contributed by atoms with Crippen LogP contribution in [-0.4, -0.2) is 37.9 Å². The Morgan fingerprint density at radius 1 is 1.43 bits per heavy atom. The van der Waals surface area contributed by atoms with E-state index < -0.39 is 6.04 Å². The second kappa shape index (κ2) is 6.29. The topological polar surface area (TPSA) is 103 Å². The van der Waals surface area contributed by atoms with Gasteiger partial charge in [0.1, 0.15) is 6.54 Å². The van der Waals surface area contributed by atoms with Crippen LogP contribution in [0, 0.1) is 5.92 Å². The molecule has 0 aliphatic heterocycles. The molecule has 112 valence electrons. The average Bonchev–Trinajstić information content (AvgIpc) is 3.05. The molecule has 1 atom stereocenters. The van der Waals surface area contributed by atoms with Gasteiger partial charge in [-0.1, -0.05) is 13.8 Å². The van der Waals surface area contributed by atoms with E-state index in [1.807, 2.05) is 13.8 Å². The van der Waals surface area contributed by atoms with Crippen LogP contribution >= 0.6 is 0 Å². The van der Waals surface area contributed by atoms with Crippen molar-refractivity contribution in [3.05, 3.63) is 18.4 Å². The Hall–Kier alpha value is -2.51. The van der Waals surface area contributed by atoms with Crippen molar-refractivity contribution >= 4 is 11.7 Å². The normalized spacial score (nSPS) is 12.4. The van der Waals surface area contributed by atoms with E-state index in [0.717, 1.165) is 4.80 Å². The summed E-state index contributed by atoms with van der Waals surface area (Å²) in [6.45, 7) is 5.09. The van der Waals surface area contributed by atoms with Gasteiger partial charge in [0.05, 0.1) is 12.3 Å². The molecule has 2 aromatic rings. The summed E-state index contributed by atoms with van der Waals surface area (Å²) in [6, 6.07) is 2.90. The standard InChI is InChI=1S/C13H17N5O3/c1-8(2)12(9(3)19)14-11(20)7-18-16-13(15-17-18)10-5-4-6-21-10/h4-6,8,12H,7H2,1-3H3,(H,14,20). The predicted molar refractivity (Wildman–Crippen MR) is 73.0 cm³/mol. The molecule has 0 radical (unpaired) electrons. The molecule has 8 heteroatoms. The maximum Gasteiger partial charge on any atom is 0.244 e. The fourth-order valence-corrected chi connectivity index (χ4v) is 1.90. The smallest absolute Gasteiger partial charge is 0.244 e. The third-order valence-electron chi connectivity index (χ3n) is 2.90. The summed E-state index contributed by atoms with van der Waals surface area (Å²) < 4.78 is 5.14. The SMILES string of the molecule is CC(=O)C(NC(=O)Cn1nnc(-c2ccco2)n1)C(C)C. The molecule has 0 fully saturated rings. The summed E-state index contributed by atoms with van der Waals surface area (Å²) in [5.74, 6) is 0.382. The average molecular weight is 291 g/mol. The van der Waals surface area contributed by atoms with Gasteiger partial charge in [-0.25, -0.2) is 0 Å². The van der Waals surface area contributed by atoms with E-state index in [1.54, 1.807) is 12.1 Å². The number of nitrogens with zero attached hydrogens (tertiary/aromatic N) is 4. The number of tetrazole rings is 1. The summed E-state index contributed by atoms with van der Waals surface area (Å²) in [6.07, 6.45) is 1.50. The first-order valence-corrected chi connectivity index (χ1v) is 6.59. The number of hydrogen-bond acceptors (Lipinski definition) is 6. The van der Waals surface area contributed by atoms with E-state index in [2.05, 4.69) is 20.7 Å². The van der Waals surface area contributed by atoms with Crippen LogP contribution in [0.1, 0.15) is 20.8 Å². The van der Waals surface area contributed by atoms with Crippen molar-refractivity contribution in [3.8, 4) is 11.6 Å². The van der Waals surface area contributed by atoms with Gasteiger partial charge in [0.15, 0.2) is 11.5 Å². The highest BCUT2D eigenvalue weighted by molar-refractivity contribution is 5.87. The van der Waals surface area contributed by atoms with Gasteiger partial charge in [-0.15, -0.1) is 10.2 Å². The molecule has 0 spiro atoms. The van der Waals surface area contributed by atoms with Crippen molar-refractivity contribution in [2.75, 3.05) is 0 Å². The monoisotopic (exact) mass is 291 g/mol. The van der Waals surface area contributed by atoms with E-state index in [-0.39, 0.29) is 24.2 Å². The molecule has 0 aliphatic carbocycles. The molecule has 2 heterocycles. The number of carbonyl (C=O) groups is 2. The lowest BCUT2D eigenvalue weighted by Gasteiger charge is -2.19. The van der Waals surface area contributed by atoms with Gasteiger partial charge >= 0.3 is 0 Å². The van der Waals surface area contributed by atoms with Gasteiger partial charge < -0.3 is 9.73 Å². The molecule has 1 unspecified atom stereocenters. The molecular formula is C13H17N5O3. The molecule has 0 aromatic carbocycles. The fraction of sp³-hybridized carbons (Fsp3) is 0.462. The zero-order valence-corrected chi connectivity index (χ0v) is 12.1. The van der Waals surface area contributed by atoms with Crippen LogP contribution in [0.3, 0.4) is 0 Å². The van der Waals surface area contributed by atoms with Crippen LogP contribution in [0.5, 0.6) is 0 Å². The Labute approximate surface area is 121 Å². The molecule has 1 amide bonds. The summed E-state index contributed by atoms with van der Waals surface area (Å²) in [4.78, 5) is 24.5. The minimum atomic E-state index is -0.509. The number of hydrogen-bond donors (Lipinski definition) is 1. The minimum Gasteiger partial charge on any atom is -0.461 e. The summed E-state index contributed by atoms with van der Waals surface area (Å²) in [5.41, 5.74) is 0. The zero-order chi connectivity index (χ0) is 15.4. The molecule has 1 N–H and O–H groups in total. The van der Waals surface area contributed by atoms with Gasteiger partial charge in [0.25, 0.3) is 0 Å². The summed E-state index contributed by atoms with van der Waals surface area (Å²) >= 11 is 0. The summed E-state index contributed by atoms with van der Waals surface area (Å²) in [7, 11) is 0. The minimum absolute atomic E-state index is 0.0221. The van der Waals surface area contributed by atoms with E-state index in [4.69, 9.17) is 4.42 Å². The molecule has 0 aliphatic rings. The first kappa shape index (κ1) is 14.9. The highest BCUT2D eigenvalue weighted by atomic mass is 16.3. The van der Waals surface area contributed by atoms with Gasteiger partial charge in [-0.2, -0.15) is 4.80 Å². The van der Waals surface area contributed by atoms with E-state index in [1.165, 1.54) is 13.2 Å². The number of carbonyl (C=O) groups excluding carboxylic acids is 2. The Morgan fingerprint density at radius 3 is 2.76 bits per heavy atom. The van der Waals surface area contributed by atoms with Crippen LogP contribution in [0.25, 0.3) is 11.6 Å². The van der Waals surface area contributed by atoms with Crippen molar-refractivity contribution in [1.29, 1.82) is 0 Å². The third kappa shape index (κ3) is 3.74. The van der Waals surface area contributed by atoms with Crippen molar-refractivity contribution in [2.24, 2.45) is 5.92 Å². The number of nitrogens with one attached hydrogen (secondary N) is 1. The largest absolute Gasteiger partial charge is 0.461 e. The van der Waals surface area contributed by atoms with Crippen molar-refractivity contribution < 1.29 is 14.0 Å². The number of rotatable bonds is 6. The number of ketones is 1. The van der Waals surface area contributed by atoms with Crippen LogP contribution in [0.15, 0.2) is 22.8 Å². The predicted octanol–water partition coefficient (Wildman–Crippen LogP) is 0.663. The molecular weight excluding hydrogens is 274 g/mol. The third-order valence-corrected chi connectivity index (χ3v) is 2.90. The quantitative estimate of drug-likeness (QED) is 0.838. The Balaban J connectivity index is 1.98. The van der Waals surface area contributed by atoms with Gasteiger partial charge in [-0.3, -0.25) is 9.59 Å². The highest BCUT2D eigenvalue weighted by Crippen LogP contribution is 2.12. The second-order valence-electron chi connectivity index (χ2n) is 5.02. The number of amides is 1. The number of Topliss-reactive ketones (excluding diaryl/α,β-unsaturated/α-hetero) is 1. The Bertz CT molecular complexity index is 618. The fourth-order valence-electron chi connectivity index (χ4n) is 1.90. The Morgan fingerprint density at radius 2 is 2.19 bits per heavy atom. The first-order chi connectivity index (χ1) is 9.97. The first-order valence-electron chi connectivity index (χ1n) is 6.59. The molecule has 2 aromatic heterocycles. The lowest BCUT2D eigenvalue weighted by atomic mass is 10.0. The van der Waals surface area contributed by atoms with Crippen LogP contribution in [0.2, 0.25) is 0 Å². The number of aromatic nitrogens is 4. The van der Waals surface area contributed by atoms with Crippen LogP contribution in [0.4, 0.5) is 0 Å². The molecule has 2 rings (SSSR count). The van der Waals surface area contributed by atoms with Gasteiger partial charge in [0, 0.05) is 0 Å². The van der Waals surface area contributed by atoms with E-state index in [9.17, 15) is 9.59 Å².